The Morgan fingerprint density at radius 2 is 1.80 bits per heavy atom. The second-order valence-electron chi connectivity index (χ2n) is 6.43. The quantitative estimate of drug-likeness (QED) is 0.845. The molecule has 0 radical (unpaired) electrons. The average Bonchev–Trinajstić information content (AvgIpc) is 2.90. The summed E-state index contributed by atoms with van der Waals surface area (Å²) in [6.45, 7) is 1.11. The molecule has 25 heavy (non-hydrogen) atoms. The van der Waals surface area contributed by atoms with Gasteiger partial charge in [-0.05, 0) is 36.1 Å². The second-order valence-corrected chi connectivity index (χ2v) is 8.43. The van der Waals surface area contributed by atoms with Crippen LogP contribution >= 0.6 is 0 Å². The first-order valence-corrected chi connectivity index (χ1v) is 9.97. The van der Waals surface area contributed by atoms with Crippen molar-refractivity contribution < 1.29 is 17.9 Å². The number of nitrogens with zero attached hydrogens (tertiary/aromatic N) is 1. The molecule has 2 aromatic carbocycles. The number of aryl methyl sites for hydroxylation is 1. The molecular formula is C19H21NO4S. The molecule has 0 bridgehead atoms. The van der Waals surface area contributed by atoms with Crippen molar-refractivity contribution in [3.8, 4) is 11.5 Å². The monoisotopic (exact) mass is 359 g/mol. The zero-order chi connectivity index (χ0) is 17.4. The van der Waals surface area contributed by atoms with Gasteiger partial charge in [0.2, 0.25) is 10.0 Å². The lowest BCUT2D eigenvalue weighted by Gasteiger charge is -2.25. The van der Waals surface area contributed by atoms with E-state index in [4.69, 9.17) is 9.47 Å². The largest absolute Gasteiger partial charge is 0.490 e. The van der Waals surface area contributed by atoms with Crippen molar-refractivity contribution >= 4 is 10.0 Å². The van der Waals surface area contributed by atoms with Crippen LogP contribution in [0.25, 0.3) is 0 Å². The molecule has 132 valence electrons. The maximum Gasteiger partial charge on any atom is 0.243 e. The number of ether oxygens (including phenoxy) is 2. The van der Waals surface area contributed by atoms with Crippen LogP contribution < -0.4 is 9.47 Å². The third-order valence-electron chi connectivity index (χ3n) is 4.94. The van der Waals surface area contributed by atoms with Gasteiger partial charge in [-0.1, -0.05) is 24.3 Å². The number of hydrogen-bond acceptors (Lipinski definition) is 4. The van der Waals surface area contributed by atoms with Crippen LogP contribution in [0.3, 0.4) is 0 Å². The predicted molar refractivity (Wildman–Crippen MR) is 94.5 cm³/mol. The summed E-state index contributed by atoms with van der Waals surface area (Å²) in [5.41, 5.74) is 2.33. The molecular weight excluding hydrogens is 338 g/mol. The van der Waals surface area contributed by atoms with Crippen molar-refractivity contribution in [3.05, 3.63) is 53.6 Å². The molecule has 2 aromatic rings. The van der Waals surface area contributed by atoms with Gasteiger partial charge in [0.1, 0.15) is 0 Å². The molecule has 1 atom stereocenters. The Hall–Kier alpha value is -2.05. The van der Waals surface area contributed by atoms with Crippen molar-refractivity contribution in [2.75, 3.05) is 20.3 Å². The molecule has 1 aliphatic heterocycles. The normalized spacial score (nSPS) is 19.5. The summed E-state index contributed by atoms with van der Waals surface area (Å²) in [5.74, 6) is 1.10. The summed E-state index contributed by atoms with van der Waals surface area (Å²) >= 11 is 0. The maximum absolute atomic E-state index is 13.1. The van der Waals surface area contributed by atoms with Crippen LogP contribution in [0.5, 0.6) is 11.5 Å². The molecule has 5 nitrogen and oxygen atoms in total. The summed E-state index contributed by atoms with van der Waals surface area (Å²) < 4.78 is 39.0. The van der Waals surface area contributed by atoms with E-state index in [1.807, 2.05) is 18.2 Å². The Kier molecular flexibility index (Phi) is 4.17. The van der Waals surface area contributed by atoms with E-state index in [-0.39, 0.29) is 10.9 Å². The number of benzene rings is 2. The van der Waals surface area contributed by atoms with E-state index in [2.05, 4.69) is 6.07 Å². The van der Waals surface area contributed by atoms with Gasteiger partial charge in [-0.15, -0.1) is 0 Å². The number of hydrogen-bond donors (Lipinski definition) is 0. The highest BCUT2D eigenvalue weighted by atomic mass is 32.2. The minimum absolute atomic E-state index is 0.128. The zero-order valence-electron chi connectivity index (χ0n) is 14.1. The zero-order valence-corrected chi connectivity index (χ0v) is 15.0. The van der Waals surface area contributed by atoms with Crippen molar-refractivity contribution in [2.24, 2.45) is 0 Å². The smallest absolute Gasteiger partial charge is 0.243 e. The summed E-state index contributed by atoms with van der Waals surface area (Å²) in [7, 11) is -1.95. The van der Waals surface area contributed by atoms with Gasteiger partial charge in [0.25, 0.3) is 0 Å². The van der Waals surface area contributed by atoms with Crippen molar-refractivity contribution in [1.29, 1.82) is 0 Å². The molecule has 2 aliphatic rings. The molecule has 1 heterocycles. The highest BCUT2D eigenvalue weighted by molar-refractivity contribution is 7.89. The first-order chi connectivity index (χ1) is 12.1. The molecule has 1 aliphatic carbocycles. The molecule has 0 fully saturated rings. The highest BCUT2D eigenvalue weighted by Crippen LogP contribution is 2.39. The fourth-order valence-corrected chi connectivity index (χ4v) is 4.93. The lowest BCUT2D eigenvalue weighted by Crippen LogP contribution is -2.30. The third-order valence-corrected chi connectivity index (χ3v) is 6.80. The lowest BCUT2D eigenvalue weighted by atomic mass is 10.1. The van der Waals surface area contributed by atoms with E-state index >= 15 is 0 Å². The van der Waals surface area contributed by atoms with Crippen LogP contribution in [0.15, 0.2) is 47.4 Å². The minimum Gasteiger partial charge on any atom is -0.490 e. The van der Waals surface area contributed by atoms with Crippen LogP contribution in [0.1, 0.15) is 30.0 Å². The summed E-state index contributed by atoms with van der Waals surface area (Å²) in [6.07, 6.45) is 2.50. The SMILES string of the molecule is CN([C@@H]1CCc2ccccc21)S(=O)(=O)c1ccc2c(c1)OCCCO2. The van der Waals surface area contributed by atoms with Crippen LogP contribution in [0.4, 0.5) is 0 Å². The fraction of sp³-hybridized carbons (Fsp3) is 0.368. The summed E-state index contributed by atoms with van der Waals surface area (Å²) in [6, 6.07) is 12.8. The van der Waals surface area contributed by atoms with E-state index in [9.17, 15) is 8.42 Å². The Morgan fingerprint density at radius 3 is 2.64 bits per heavy atom. The Bertz CT molecular complexity index is 894. The van der Waals surface area contributed by atoms with Gasteiger partial charge in [-0.3, -0.25) is 0 Å². The Labute approximate surface area is 148 Å². The highest BCUT2D eigenvalue weighted by Gasteiger charge is 2.33. The Balaban J connectivity index is 1.67. The molecule has 0 saturated carbocycles. The van der Waals surface area contributed by atoms with Crippen LogP contribution in [-0.4, -0.2) is 33.0 Å². The number of fused-ring (bicyclic) bond motifs is 2. The number of sulfonamides is 1. The summed E-state index contributed by atoms with van der Waals surface area (Å²) in [5, 5.41) is 0. The fourth-order valence-electron chi connectivity index (χ4n) is 3.55. The molecule has 6 heteroatoms. The van der Waals surface area contributed by atoms with Gasteiger partial charge in [0, 0.05) is 19.5 Å². The van der Waals surface area contributed by atoms with E-state index in [1.54, 1.807) is 25.2 Å². The van der Waals surface area contributed by atoms with Gasteiger partial charge < -0.3 is 9.47 Å². The first-order valence-electron chi connectivity index (χ1n) is 8.53. The Morgan fingerprint density at radius 1 is 1.04 bits per heavy atom. The van der Waals surface area contributed by atoms with Crippen molar-refractivity contribution in [1.82, 2.24) is 4.31 Å². The second kappa shape index (κ2) is 6.35. The van der Waals surface area contributed by atoms with E-state index in [0.717, 1.165) is 24.8 Å². The average molecular weight is 359 g/mol. The van der Waals surface area contributed by atoms with Crippen molar-refractivity contribution in [3.63, 3.8) is 0 Å². The van der Waals surface area contributed by atoms with Crippen LogP contribution in [0, 0.1) is 0 Å². The van der Waals surface area contributed by atoms with Gasteiger partial charge in [0.05, 0.1) is 24.2 Å². The third kappa shape index (κ3) is 2.89. The van der Waals surface area contributed by atoms with Crippen LogP contribution in [-0.2, 0) is 16.4 Å². The van der Waals surface area contributed by atoms with Crippen LogP contribution in [0.2, 0.25) is 0 Å². The molecule has 0 spiro atoms. The lowest BCUT2D eigenvalue weighted by molar-refractivity contribution is 0.296. The standard InChI is InChI=1S/C19H21NO4S/c1-20(17-9-7-14-5-2-3-6-16(14)17)25(21,22)15-8-10-18-19(13-15)24-12-4-11-23-18/h2-3,5-6,8,10,13,17H,4,7,9,11-12H2,1H3/t17-/m1/s1. The molecule has 0 aromatic heterocycles. The summed E-state index contributed by atoms with van der Waals surface area (Å²) in [4.78, 5) is 0.239. The van der Waals surface area contributed by atoms with Crippen molar-refractivity contribution in [2.45, 2.75) is 30.2 Å². The van der Waals surface area contributed by atoms with Gasteiger partial charge >= 0.3 is 0 Å². The number of rotatable bonds is 3. The molecule has 4 rings (SSSR count). The molecule has 0 saturated heterocycles. The van der Waals surface area contributed by atoms with E-state index in [1.165, 1.54) is 9.87 Å². The maximum atomic E-state index is 13.1. The molecule has 0 N–H and O–H groups in total. The van der Waals surface area contributed by atoms with Gasteiger partial charge in [-0.25, -0.2) is 8.42 Å². The minimum atomic E-state index is -3.61. The molecule has 0 unspecified atom stereocenters. The van der Waals surface area contributed by atoms with E-state index < -0.39 is 10.0 Å². The van der Waals surface area contributed by atoms with Gasteiger partial charge in [0.15, 0.2) is 11.5 Å². The first kappa shape index (κ1) is 16.4. The predicted octanol–water partition coefficient (Wildman–Crippen LogP) is 3.16. The van der Waals surface area contributed by atoms with E-state index in [0.29, 0.717) is 24.7 Å². The topological polar surface area (TPSA) is 55.8 Å². The molecule has 0 amide bonds. The van der Waals surface area contributed by atoms with Gasteiger partial charge in [-0.2, -0.15) is 4.31 Å².